The van der Waals surface area contributed by atoms with E-state index in [0.717, 1.165) is 11.3 Å². The molecule has 0 saturated heterocycles. The number of hydrogen-bond donors (Lipinski definition) is 3. The van der Waals surface area contributed by atoms with Crippen molar-refractivity contribution < 1.29 is 4.79 Å². The predicted molar refractivity (Wildman–Crippen MR) is 153 cm³/mol. The molecular weight excluding hydrogens is 561 g/mol. The Morgan fingerprint density at radius 1 is 1.05 bits per heavy atom. The third kappa shape index (κ3) is 5.90. The highest BCUT2D eigenvalue weighted by Crippen LogP contribution is 2.33. The van der Waals surface area contributed by atoms with Gasteiger partial charge in [-0.2, -0.15) is 5.10 Å². The van der Waals surface area contributed by atoms with Crippen molar-refractivity contribution in [2.75, 3.05) is 5.32 Å². The Balaban J connectivity index is 1.37. The average molecular weight is 583 g/mol. The third-order valence-electron chi connectivity index (χ3n) is 5.93. The van der Waals surface area contributed by atoms with E-state index < -0.39 is 0 Å². The molecule has 0 unspecified atom stereocenters. The Kier molecular flexibility index (Phi) is 7.83. The van der Waals surface area contributed by atoms with Crippen LogP contribution in [0.3, 0.4) is 0 Å². The molecule has 2 aromatic carbocycles. The van der Waals surface area contributed by atoms with Crippen molar-refractivity contribution in [1.82, 2.24) is 30.0 Å². The van der Waals surface area contributed by atoms with Crippen LogP contribution >= 0.6 is 34.8 Å². The first-order valence-electron chi connectivity index (χ1n) is 12.0. The minimum Gasteiger partial charge on any atom is -0.332 e. The molecule has 0 fully saturated rings. The van der Waals surface area contributed by atoms with E-state index in [4.69, 9.17) is 39.8 Å². The fourth-order valence-electron chi connectivity index (χ4n) is 4.11. The molecule has 3 N–H and O–H groups in total. The smallest absolute Gasteiger partial charge is 0.319 e. The van der Waals surface area contributed by atoms with Crippen LogP contribution in [0.25, 0.3) is 16.7 Å². The van der Waals surface area contributed by atoms with Gasteiger partial charge in [0.15, 0.2) is 5.65 Å². The maximum atomic E-state index is 13.1. The van der Waals surface area contributed by atoms with Crippen LogP contribution in [0, 0.1) is 0 Å². The number of urea groups is 1. The number of anilines is 1. The van der Waals surface area contributed by atoms with Crippen LogP contribution in [0.1, 0.15) is 29.7 Å². The second kappa shape index (κ2) is 11.4. The number of nitrogens with one attached hydrogen (secondary N) is 3. The van der Waals surface area contributed by atoms with Gasteiger partial charge in [-0.1, -0.05) is 59.9 Å². The van der Waals surface area contributed by atoms with Crippen LogP contribution in [0.15, 0.2) is 65.6 Å². The standard InChI is InChI=1S/C27H22Cl3N7O2/c1-2-21-23-25(37(36-21)24-19(29)12-16(28)13-20(24)30)34-22(35-26(23)38)11-15-6-8-17(9-7-15)33-27(39)32-14-18-5-3-4-10-31-18/h3-10,12-13H,2,11,14H2,1H3,(H2,32,33,39)(H,34,35,38). The van der Waals surface area contributed by atoms with Crippen LogP contribution in [-0.4, -0.2) is 30.8 Å². The second-order valence-corrected chi connectivity index (χ2v) is 9.89. The monoisotopic (exact) mass is 581 g/mol. The lowest BCUT2D eigenvalue weighted by atomic mass is 10.1. The molecule has 5 aromatic rings. The first-order valence-corrected chi connectivity index (χ1v) is 13.1. The topological polar surface area (TPSA) is 118 Å². The highest BCUT2D eigenvalue weighted by molar-refractivity contribution is 6.40. The van der Waals surface area contributed by atoms with Gasteiger partial charge in [-0.25, -0.2) is 14.5 Å². The van der Waals surface area contributed by atoms with Gasteiger partial charge < -0.3 is 15.6 Å². The van der Waals surface area contributed by atoms with Crippen molar-refractivity contribution in [3.8, 4) is 5.69 Å². The molecule has 0 aliphatic rings. The molecule has 0 radical (unpaired) electrons. The molecule has 3 heterocycles. The van der Waals surface area contributed by atoms with E-state index in [1.165, 1.54) is 4.68 Å². The van der Waals surface area contributed by atoms with Crippen molar-refractivity contribution in [3.05, 3.63) is 109 Å². The fourth-order valence-corrected chi connectivity index (χ4v) is 5.09. The summed E-state index contributed by atoms with van der Waals surface area (Å²) in [7, 11) is 0. The van der Waals surface area contributed by atoms with E-state index in [-0.39, 0.29) is 21.6 Å². The maximum Gasteiger partial charge on any atom is 0.319 e. The van der Waals surface area contributed by atoms with Crippen LogP contribution in [0.4, 0.5) is 10.5 Å². The number of benzene rings is 2. The number of halogens is 3. The van der Waals surface area contributed by atoms with Crippen LogP contribution in [0.5, 0.6) is 0 Å². The number of fused-ring (bicyclic) bond motifs is 1. The molecule has 0 spiro atoms. The van der Waals surface area contributed by atoms with Crippen molar-refractivity contribution in [1.29, 1.82) is 0 Å². The number of aryl methyl sites for hydroxylation is 1. The summed E-state index contributed by atoms with van der Waals surface area (Å²) in [5.41, 5.74) is 3.27. The number of aromatic amines is 1. The summed E-state index contributed by atoms with van der Waals surface area (Å²) in [6, 6.07) is 15.5. The average Bonchev–Trinajstić information content (AvgIpc) is 3.27. The summed E-state index contributed by atoms with van der Waals surface area (Å²) in [5, 5.41) is 11.5. The predicted octanol–water partition coefficient (Wildman–Crippen LogP) is 5.94. The first kappa shape index (κ1) is 26.7. The van der Waals surface area contributed by atoms with E-state index in [1.807, 2.05) is 37.3 Å². The summed E-state index contributed by atoms with van der Waals surface area (Å²) in [6.45, 7) is 2.22. The molecule has 2 amide bonds. The molecule has 9 nitrogen and oxygen atoms in total. The Bertz CT molecular complexity index is 1700. The number of amides is 2. The molecule has 0 saturated carbocycles. The van der Waals surface area contributed by atoms with E-state index in [0.29, 0.717) is 58.3 Å². The largest absolute Gasteiger partial charge is 0.332 e. The van der Waals surface area contributed by atoms with Crippen LogP contribution < -0.4 is 16.2 Å². The molecule has 3 aromatic heterocycles. The summed E-state index contributed by atoms with van der Waals surface area (Å²) >= 11 is 19.0. The molecule has 198 valence electrons. The molecule has 5 rings (SSSR count). The number of carbonyl (C=O) groups is 1. The lowest BCUT2D eigenvalue weighted by molar-refractivity contribution is 0.251. The highest BCUT2D eigenvalue weighted by Gasteiger charge is 2.21. The van der Waals surface area contributed by atoms with E-state index in [2.05, 4.69) is 25.7 Å². The van der Waals surface area contributed by atoms with E-state index in [9.17, 15) is 9.59 Å². The van der Waals surface area contributed by atoms with Gasteiger partial charge in [0.05, 0.1) is 28.0 Å². The lowest BCUT2D eigenvalue weighted by Crippen LogP contribution is -2.28. The van der Waals surface area contributed by atoms with Gasteiger partial charge in [0.25, 0.3) is 5.56 Å². The number of nitrogens with zero attached hydrogens (tertiary/aromatic N) is 4. The molecule has 39 heavy (non-hydrogen) atoms. The number of hydrogen-bond acceptors (Lipinski definition) is 5. The molecule has 0 bridgehead atoms. The summed E-state index contributed by atoms with van der Waals surface area (Å²) in [4.78, 5) is 37.1. The van der Waals surface area contributed by atoms with Crippen molar-refractivity contribution in [2.24, 2.45) is 0 Å². The number of rotatable bonds is 7. The summed E-state index contributed by atoms with van der Waals surface area (Å²) in [6.07, 6.45) is 2.53. The molecule has 0 atom stereocenters. The first-order chi connectivity index (χ1) is 18.8. The molecule has 0 aliphatic carbocycles. The minimum atomic E-state index is -0.343. The van der Waals surface area contributed by atoms with Crippen molar-refractivity contribution in [2.45, 2.75) is 26.3 Å². The summed E-state index contributed by atoms with van der Waals surface area (Å²) in [5.74, 6) is 0.436. The zero-order chi connectivity index (χ0) is 27.5. The Labute approximate surface area is 238 Å². The highest BCUT2D eigenvalue weighted by atomic mass is 35.5. The van der Waals surface area contributed by atoms with Gasteiger partial charge in [0.1, 0.15) is 16.9 Å². The van der Waals surface area contributed by atoms with Gasteiger partial charge in [-0.15, -0.1) is 0 Å². The molecule has 12 heteroatoms. The third-order valence-corrected chi connectivity index (χ3v) is 6.72. The van der Waals surface area contributed by atoms with Crippen molar-refractivity contribution in [3.63, 3.8) is 0 Å². The number of H-pyrrole nitrogens is 1. The summed E-state index contributed by atoms with van der Waals surface area (Å²) < 4.78 is 1.49. The Morgan fingerprint density at radius 3 is 2.46 bits per heavy atom. The maximum absolute atomic E-state index is 13.1. The van der Waals surface area contributed by atoms with Crippen LogP contribution in [-0.2, 0) is 19.4 Å². The van der Waals surface area contributed by atoms with Gasteiger partial charge in [0, 0.05) is 23.3 Å². The minimum absolute atomic E-state index is 0.287. The normalized spacial score (nSPS) is 11.1. The van der Waals surface area contributed by atoms with E-state index >= 15 is 0 Å². The fraction of sp³-hybridized carbons (Fsp3) is 0.148. The van der Waals surface area contributed by atoms with E-state index in [1.54, 1.807) is 30.5 Å². The SMILES string of the molecule is CCc1nn(-c2c(Cl)cc(Cl)cc2Cl)c2nc(Cc3ccc(NC(=O)NCc4ccccn4)cc3)[nH]c(=O)c12. The Morgan fingerprint density at radius 2 is 1.79 bits per heavy atom. The van der Waals surface area contributed by atoms with Gasteiger partial charge in [-0.05, 0) is 48.4 Å². The van der Waals surface area contributed by atoms with Gasteiger partial charge in [0.2, 0.25) is 0 Å². The zero-order valence-corrected chi connectivity index (χ0v) is 22.9. The van der Waals surface area contributed by atoms with Crippen LogP contribution in [0.2, 0.25) is 15.1 Å². The van der Waals surface area contributed by atoms with Gasteiger partial charge in [-0.3, -0.25) is 9.78 Å². The lowest BCUT2D eigenvalue weighted by Gasteiger charge is -2.10. The molecular formula is C27H22Cl3N7O2. The zero-order valence-electron chi connectivity index (χ0n) is 20.6. The molecule has 0 aliphatic heterocycles. The second-order valence-electron chi connectivity index (χ2n) is 8.64. The van der Waals surface area contributed by atoms with Crippen molar-refractivity contribution >= 4 is 57.6 Å². The number of pyridine rings is 1. The number of aromatic nitrogens is 5. The van der Waals surface area contributed by atoms with Gasteiger partial charge >= 0.3 is 6.03 Å². The Hall–Kier alpha value is -3.92. The number of carbonyl (C=O) groups excluding carboxylic acids is 1. The quantitative estimate of drug-likeness (QED) is 0.220.